The molecule has 0 aliphatic carbocycles. The van der Waals surface area contributed by atoms with Gasteiger partial charge in [-0.25, -0.2) is 0 Å². The Bertz CT molecular complexity index is 121. The van der Waals surface area contributed by atoms with Crippen molar-refractivity contribution < 1.29 is 0 Å². The van der Waals surface area contributed by atoms with Crippen LogP contribution in [0.25, 0.3) is 0 Å². The molecule has 0 aromatic heterocycles. The molecule has 0 aliphatic rings. The van der Waals surface area contributed by atoms with Gasteiger partial charge in [-0.15, -0.1) is 0 Å². The molecule has 0 saturated carbocycles. The van der Waals surface area contributed by atoms with Crippen molar-refractivity contribution in [1.29, 1.82) is 5.41 Å². The Morgan fingerprint density at radius 3 is 2.56 bits per heavy atom. The van der Waals surface area contributed by atoms with Gasteiger partial charge < -0.3 is 4.90 Å². The van der Waals surface area contributed by atoms with Crippen LogP contribution in [0.1, 0.15) is 6.92 Å². The van der Waals surface area contributed by atoms with E-state index in [1.54, 1.807) is 11.9 Å². The topological polar surface area (TPSA) is 39.5 Å². The van der Waals surface area contributed by atoms with Gasteiger partial charge in [0.05, 0.1) is 12.2 Å². The van der Waals surface area contributed by atoms with Crippen LogP contribution in [0.2, 0.25) is 0 Å². The molecule has 0 saturated heterocycles. The molecule has 0 amide bonds. The van der Waals surface area contributed by atoms with Crippen LogP contribution in [0, 0.1) is 5.41 Å². The highest BCUT2D eigenvalue weighted by atomic mass is 32.1. The SMILES string of the molecule is CN=C(C)N(C=N)CS. The number of amidine groups is 1. The third kappa shape index (κ3) is 2.51. The highest BCUT2D eigenvalue weighted by Gasteiger charge is 1.96. The van der Waals surface area contributed by atoms with Gasteiger partial charge in [0, 0.05) is 7.05 Å². The van der Waals surface area contributed by atoms with Crippen molar-refractivity contribution in [3.8, 4) is 0 Å². The summed E-state index contributed by atoms with van der Waals surface area (Å²) < 4.78 is 0. The maximum absolute atomic E-state index is 6.86. The van der Waals surface area contributed by atoms with Gasteiger partial charge >= 0.3 is 0 Å². The first-order chi connectivity index (χ1) is 4.26. The van der Waals surface area contributed by atoms with Gasteiger partial charge in [0.2, 0.25) is 0 Å². The Balaban J connectivity index is 3.94. The number of nitrogens with zero attached hydrogens (tertiary/aromatic N) is 2. The first kappa shape index (κ1) is 8.49. The van der Waals surface area contributed by atoms with E-state index in [9.17, 15) is 0 Å². The number of thiol groups is 1. The Morgan fingerprint density at radius 2 is 2.44 bits per heavy atom. The van der Waals surface area contributed by atoms with Crippen molar-refractivity contribution in [1.82, 2.24) is 4.90 Å². The van der Waals surface area contributed by atoms with E-state index in [4.69, 9.17) is 5.41 Å². The molecule has 0 atom stereocenters. The smallest absolute Gasteiger partial charge is 0.101 e. The van der Waals surface area contributed by atoms with Crippen LogP contribution in [0.4, 0.5) is 0 Å². The Morgan fingerprint density at radius 1 is 1.89 bits per heavy atom. The van der Waals surface area contributed by atoms with E-state index in [1.165, 1.54) is 6.34 Å². The average Bonchev–Trinajstić information content (AvgIpc) is 1.90. The minimum atomic E-state index is 0.507. The molecule has 0 spiro atoms. The van der Waals surface area contributed by atoms with Crippen LogP contribution < -0.4 is 0 Å². The molecule has 4 heteroatoms. The number of hydrogen-bond acceptors (Lipinski definition) is 3. The van der Waals surface area contributed by atoms with Crippen LogP contribution in [0.15, 0.2) is 4.99 Å². The molecular formula is C5H11N3S. The van der Waals surface area contributed by atoms with Gasteiger partial charge in [0.1, 0.15) is 5.84 Å². The summed E-state index contributed by atoms with van der Waals surface area (Å²) in [5.41, 5.74) is 0. The van der Waals surface area contributed by atoms with E-state index in [0.717, 1.165) is 5.84 Å². The predicted molar refractivity (Wildman–Crippen MR) is 43.5 cm³/mol. The average molecular weight is 145 g/mol. The molecular weight excluding hydrogens is 134 g/mol. The second kappa shape index (κ2) is 4.38. The second-order valence-corrected chi connectivity index (χ2v) is 1.79. The van der Waals surface area contributed by atoms with E-state index < -0.39 is 0 Å². The zero-order valence-corrected chi connectivity index (χ0v) is 6.52. The lowest BCUT2D eigenvalue weighted by atomic mass is 10.6. The van der Waals surface area contributed by atoms with Gasteiger partial charge in [-0.1, -0.05) is 0 Å². The first-order valence-corrected chi connectivity index (χ1v) is 3.21. The molecule has 3 nitrogen and oxygen atoms in total. The first-order valence-electron chi connectivity index (χ1n) is 2.57. The van der Waals surface area contributed by atoms with Gasteiger partial charge in [-0.2, -0.15) is 12.6 Å². The maximum Gasteiger partial charge on any atom is 0.101 e. The molecule has 0 aromatic rings. The third-order valence-electron chi connectivity index (χ3n) is 1.05. The van der Waals surface area contributed by atoms with E-state index in [2.05, 4.69) is 17.6 Å². The number of rotatable bonds is 2. The predicted octanol–water partition coefficient (Wildman–Crippen LogP) is 0.831. The van der Waals surface area contributed by atoms with Gasteiger partial charge in [-0.3, -0.25) is 10.4 Å². The Hall–Kier alpha value is -0.510. The second-order valence-electron chi connectivity index (χ2n) is 1.51. The van der Waals surface area contributed by atoms with Crippen LogP contribution in [-0.2, 0) is 0 Å². The van der Waals surface area contributed by atoms with Gasteiger partial charge in [-0.05, 0) is 6.92 Å². The number of nitrogens with one attached hydrogen (secondary N) is 1. The Kier molecular flexibility index (Phi) is 4.13. The number of aliphatic imine (C=N–C) groups is 1. The lowest BCUT2D eigenvalue weighted by molar-refractivity contribution is 0.737. The zero-order chi connectivity index (χ0) is 7.28. The molecule has 0 aliphatic heterocycles. The fraction of sp³-hybridized carbons (Fsp3) is 0.600. The van der Waals surface area contributed by atoms with Crippen molar-refractivity contribution in [2.75, 3.05) is 12.9 Å². The fourth-order valence-electron chi connectivity index (χ4n) is 0.365. The van der Waals surface area contributed by atoms with Crippen LogP contribution >= 0.6 is 12.6 Å². The molecule has 0 fully saturated rings. The number of hydrogen-bond donors (Lipinski definition) is 2. The summed E-state index contributed by atoms with van der Waals surface area (Å²) >= 11 is 3.98. The molecule has 0 aromatic carbocycles. The van der Waals surface area contributed by atoms with Crippen LogP contribution in [-0.4, -0.2) is 30.0 Å². The lowest BCUT2D eigenvalue weighted by Crippen LogP contribution is -2.25. The summed E-state index contributed by atoms with van der Waals surface area (Å²) in [4.78, 5) is 5.50. The highest BCUT2D eigenvalue weighted by Crippen LogP contribution is 1.88. The molecule has 1 N–H and O–H groups in total. The quantitative estimate of drug-likeness (QED) is 0.257. The van der Waals surface area contributed by atoms with Crippen LogP contribution in [0.3, 0.4) is 0 Å². The van der Waals surface area contributed by atoms with E-state index >= 15 is 0 Å². The molecule has 0 radical (unpaired) electrons. The standard InChI is InChI=1S/C5H11N3S/c1-5(7-2)8(3-6)4-9/h3,6,9H,4H2,1-2H3. The summed E-state index contributed by atoms with van der Waals surface area (Å²) in [6.07, 6.45) is 1.20. The molecule has 52 valence electrons. The maximum atomic E-state index is 6.86. The molecule has 0 bridgehead atoms. The summed E-state index contributed by atoms with van der Waals surface area (Å²) in [5.74, 6) is 1.31. The molecule has 9 heavy (non-hydrogen) atoms. The highest BCUT2D eigenvalue weighted by molar-refractivity contribution is 7.80. The van der Waals surface area contributed by atoms with Crippen molar-refractivity contribution >= 4 is 24.8 Å². The summed E-state index contributed by atoms with van der Waals surface area (Å²) in [7, 11) is 1.69. The van der Waals surface area contributed by atoms with Crippen molar-refractivity contribution in [2.45, 2.75) is 6.92 Å². The van der Waals surface area contributed by atoms with Gasteiger partial charge in [0.15, 0.2) is 0 Å². The fourth-order valence-corrected chi connectivity index (χ4v) is 0.651. The summed E-state index contributed by atoms with van der Waals surface area (Å²) in [6, 6.07) is 0. The largest absolute Gasteiger partial charge is 0.312 e. The van der Waals surface area contributed by atoms with E-state index in [-0.39, 0.29) is 0 Å². The van der Waals surface area contributed by atoms with Crippen molar-refractivity contribution in [2.24, 2.45) is 4.99 Å². The van der Waals surface area contributed by atoms with Crippen molar-refractivity contribution in [3.05, 3.63) is 0 Å². The minimum Gasteiger partial charge on any atom is -0.312 e. The summed E-state index contributed by atoms with van der Waals surface area (Å²) in [5, 5.41) is 6.86. The molecule has 0 rings (SSSR count). The zero-order valence-electron chi connectivity index (χ0n) is 5.63. The van der Waals surface area contributed by atoms with E-state index in [0.29, 0.717) is 5.88 Å². The van der Waals surface area contributed by atoms with E-state index in [1.807, 2.05) is 6.92 Å². The molecule has 0 heterocycles. The lowest BCUT2D eigenvalue weighted by Gasteiger charge is -2.13. The monoisotopic (exact) mass is 145 g/mol. The Labute approximate surface area is 60.7 Å². The summed E-state index contributed by atoms with van der Waals surface area (Å²) in [6.45, 7) is 1.83. The minimum absolute atomic E-state index is 0.507. The van der Waals surface area contributed by atoms with Crippen molar-refractivity contribution in [3.63, 3.8) is 0 Å². The molecule has 0 unspecified atom stereocenters. The third-order valence-corrected chi connectivity index (χ3v) is 1.35. The van der Waals surface area contributed by atoms with Crippen LogP contribution in [0.5, 0.6) is 0 Å². The normalized spacial score (nSPS) is 11.2. The van der Waals surface area contributed by atoms with Gasteiger partial charge in [0.25, 0.3) is 0 Å².